The van der Waals surface area contributed by atoms with Crippen molar-refractivity contribution in [3.63, 3.8) is 0 Å². The van der Waals surface area contributed by atoms with E-state index in [9.17, 15) is 8.42 Å². The Morgan fingerprint density at radius 3 is 2.53 bits per heavy atom. The van der Waals surface area contributed by atoms with Crippen molar-refractivity contribution in [2.75, 3.05) is 12.5 Å². The van der Waals surface area contributed by atoms with E-state index in [1.54, 1.807) is 36.5 Å². The fraction of sp³-hybridized carbons (Fsp3) is 0.0476. The average molecular weight is 440 g/mol. The molecule has 4 aromatic rings. The molecule has 1 heterocycles. The summed E-state index contributed by atoms with van der Waals surface area (Å²) in [5.74, 6) is 0.371. The molecule has 1 N–H and O–H groups in total. The standard InChI is InChI=1S/C21H17N3O4S2/c1-27-19-13-15(14-22-24-21-23-17-9-5-6-10-20(17)29-21)11-12-18(19)28-30(25,26)16-7-3-2-4-8-16/h2-14H,1H3,(H,23,24)/b22-14-. The van der Waals surface area contributed by atoms with Gasteiger partial charge in [0.1, 0.15) is 4.90 Å². The Kier molecular flexibility index (Phi) is 5.64. The maximum absolute atomic E-state index is 12.4. The molecule has 0 aliphatic carbocycles. The van der Waals surface area contributed by atoms with E-state index in [0.29, 0.717) is 10.7 Å². The van der Waals surface area contributed by atoms with Crippen LogP contribution in [0, 0.1) is 0 Å². The number of aromatic nitrogens is 1. The van der Waals surface area contributed by atoms with Crippen LogP contribution in [0.4, 0.5) is 5.13 Å². The Labute approximate surface area is 177 Å². The Bertz CT molecular complexity index is 1270. The van der Waals surface area contributed by atoms with Crippen molar-refractivity contribution in [1.82, 2.24) is 4.98 Å². The van der Waals surface area contributed by atoms with E-state index in [2.05, 4.69) is 15.5 Å². The third-order valence-electron chi connectivity index (χ3n) is 4.09. The number of para-hydroxylation sites is 1. The van der Waals surface area contributed by atoms with Gasteiger partial charge in [0, 0.05) is 0 Å². The highest BCUT2D eigenvalue weighted by molar-refractivity contribution is 7.87. The second kappa shape index (κ2) is 8.52. The third kappa shape index (κ3) is 4.42. The first-order valence-electron chi connectivity index (χ1n) is 8.87. The molecule has 3 aromatic carbocycles. The highest BCUT2D eigenvalue weighted by Crippen LogP contribution is 2.30. The summed E-state index contributed by atoms with van der Waals surface area (Å²) < 4.78 is 36.5. The van der Waals surface area contributed by atoms with Crippen LogP contribution in [0.25, 0.3) is 10.2 Å². The van der Waals surface area contributed by atoms with Gasteiger partial charge in [0.05, 0.1) is 23.5 Å². The lowest BCUT2D eigenvalue weighted by Crippen LogP contribution is -2.10. The monoisotopic (exact) mass is 439 g/mol. The first kappa shape index (κ1) is 19.9. The normalized spacial score (nSPS) is 11.6. The van der Waals surface area contributed by atoms with Gasteiger partial charge in [0.15, 0.2) is 11.5 Å². The van der Waals surface area contributed by atoms with Gasteiger partial charge in [-0.15, -0.1) is 0 Å². The molecule has 0 aliphatic rings. The smallest absolute Gasteiger partial charge is 0.339 e. The number of nitrogens with one attached hydrogen (secondary N) is 1. The number of thiazole rings is 1. The van der Waals surface area contributed by atoms with Crippen molar-refractivity contribution < 1.29 is 17.3 Å². The molecule has 152 valence electrons. The molecular formula is C21H17N3O4S2. The van der Waals surface area contributed by atoms with E-state index in [-0.39, 0.29) is 16.4 Å². The lowest BCUT2D eigenvalue weighted by molar-refractivity contribution is 0.390. The first-order valence-corrected chi connectivity index (χ1v) is 11.1. The number of nitrogens with zero attached hydrogens (tertiary/aromatic N) is 2. The fourth-order valence-electron chi connectivity index (χ4n) is 2.67. The van der Waals surface area contributed by atoms with Crippen LogP contribution in [0.15, 0.2) is 82.8 Å². The molecule has 0 saturated heterocycles. The molecule has 1 aromatic heterocycles. The van der Waals surface area contributed by atoms with Crippen molar-refractivity contribution in [2.24, 2.45) is 5.10 Å². The summed E-state index contributed by atoms with van der Waals surface area (Å²) >= 11 is 1.50. The molecule has 0 atom stereocenters. The van der Waals surface area contributed by atoms with Gasteiger partial charge in [0.25, 0.3) is 0 Å². The maximum Gasteiger partial charge on any atom is 0.339 e. The van der Waals surface area contributed by atoms with E-state index < -0.39 is 10.1 Å². The molecule has 0 fully saturated rings. The van der Waals surface area contributed by atoms with Crippen molar-refractivity contribution in [2.45, 2.75) is 4.90 Å². The molecule has 0 saturated carbocycles. The zero-order chi connectivity index (χ0) is 21.0. The summed E-state index contributed by atoms with van der Waals surface area (Å²) in [6, 6.07) is 20.6. The summed E-state index contributed by atoms with van der Waals surface area (Å²) in [6.45, 7) is 0. The lowest BCUT2D eigenvalue weighted by Gasteiger charge is -2.11. The van der Waals surface area contributed by atoms with Crippen LogP contribution in [0.3, 0.4) is 0 Å². The summed E-state index contributed by atoms with van der Waals surface area (Å²) in [6.07, 6.45) is 1.59. The first-order chi connectivity index (χ1) is 14.5. The molecule has 9 heteroatoms. The molecule has 30 heavy (non-hydrogen) atoms. The molecule has 0 unspecified atom stereocenters. The zero-order valence-electron chi connectivity index (χ0n) is 15.8. The fourth-order valence-corrected chi connectivity index (χ4v) is 4.45. The Hall–Kier alpha value is -3.43. The van der Waals surface area contributed by atoms with Crippen LogP contribution in [-0.2, 0) is 10.1 Å². The largest absolute Gasteiger partial charge is 0.493 e. The van der Waals surface area contributed by atoms with E-state index >= 15 is 0 Å². The number of rotatable bonds is 7. The van der Waals surface area contributed by atoms with Gasteiger partial charge in [-0.2, -0.15) is 13.5 Å². The molecule has 0 aliphatic heterocycles. The van der Waals surface area contributed by atoms with Gasteiger partial charge in [0.2, 0.25) is 5.13 Å². The summed E-state index contributed by atoms with van der Waals surface area (Å²) in [5.41, 5.74) is 4.51. The van der Waals surface area contributed by atoms with Crippen LogP contribution in [0.2, 0.25) is 0 Å². The number of hydrogen-bond acceptors (Lipinski definition) is 8. The van der Waals surface area contributed by atoms with Crippen LogP contribution >= 0.6 is 11.3 Å². The van der Waals surface area contributed by atoms with E-state index in [4.69, 9.17) is 8.92 Å². The second-order valence-corrected chi connectivity index (χ2v) is 8.69. The van der Waals surface area contributed by atoms with Crippen LogP contribution in [0.5, 0.6) is 11.5 Å². The molecular weight excluding hydrogens is 422 g/mol. The van der Waals surface area contributed by atoms with Crippen LogP contribution in [-0.4, -0.2) is 26.7 Å². The molecule has 0 amide bonds. The van der Waals surface area contributed by atoms with E-state index in [1.165, 1.54) is 36.6 Å². The minimum Gasteiger partial charge on any atom is -0.493 e. The van der Waals surface area contributed by atoms with Gasteiger partial charge >= 0.3 is 10.1 Å². The number of ether oxygens (including phenoxy) is 1. The van der Waals surface area contributed by atoms with Crippen molar-refractivity contribution in [1.29, 1.82) is 0 Å². The van der Waals surface area contributed by atoms with Gasteiger partial charge in [-0.3, -0.25) is 5.43 Å². The topological polar surface area (TPSA) is 89.9 Å². The zero-order valence-corrected chi connectivity index (χ0v) is 17.5. The molecule has 7 nitrogen and oxygen atoms in total. The Morgan fingerprint density at radius 2 is 1.77 bits per heavy atom. The lowest BCUT2D eigenvalue weighted by atomic mass is 10.2. The van der Waals surface area contributed by atoms with Crippen LogP contribution < -0.4 is 14.3 Å². The predicted octanol–water partition coefficient (Wildman–Crippen LogP) is 4.52. The number of fused-ring (bicyclic) bond motifs is 1. The van der Waals surface area contributed by atoms with Gasteiger partial charge < -0.3 is 8.92 Å². The maximum atomic E-state index is 12.4. The van der Waals surface area contributed by atoms with Gasteiger partial charge in [-0.05, 0) is 48.0 Å². The number of methoxy groups -OCH3 is 1. The number of hydrazone groups is 1. The number of anilines is 1. The summed E-state index contributed by atoms with van der Waals surface area (Å²) in [4.78, 5) is 4.51. The minimum atomic E-state index is -3.96. The Morgan fingerprint density at radius 1 is 1.00 bits per heavy atom. The van der Waals surface area contributed by atoms with Crippen molar-refractivity contribution >= 4 is 43.0 Å². The molecule has 0 bridgehead atoms. The summed E-state index contributed by atoms with van der Waals surface area (Å²) in [7, 11) is -2.52. The number of benzene rings is 3. The van der Waals surface area contributed by atoms with E-state index in [0.717, 1.165) is 10.2 Å². The highest BCUT2D eigenvalue weighted by atomic mass is 32.2. The third-order valence-corrected chi connectivity index (χ3v) is 6.28. The summed E-state index contributed by atoms with van der Waals surface area (Å²) in [5, 5.41) is 4.87. The second-order valence-electron chi connectivity index (χ2n) is 6.12. The molecule has 4 rings (SSSR count). The average Bonchev–Trinajstić information content (AvgIpc) is 3.18. The SMILES string of the molecule is COc1cc(/C=N\Nc2nc3ccccc3s2)ccc1OS(=O)(=O)c1ccccc1. The quantitative estimate of drug-likeness (QED) is 0.259. The number of hydrogen-bond donors (Lipinski definition) is 1. The Balaban J connectivity index is 1.49. The minimum absolute atomic E-state index is 0.0673. The van der Waals surface area contributed by atoms with Gasteiger partial charge in [-0.1, -0.05) is 41.7 Å². The highest BCUT2D eigenvalue weighted by Gasteiger charge is 2.18. The van der Waals surface area contributed by atoms with Crippen molar-refractivity contribution in [3.8, 4) is 11.5 Å². The predicted molar refractivity (Wildman–Crippen MR) is 118 cm³/mol. The van der Waals surface area contributed by atoms with E-state index in [1.807, 2.05) is 24.3 Å². The molecule has 0 radical (unpaired) electrons. The van der Waals surface area contributed by atoms with Crippen molar-refractivity contribution in [3.05, 3.63) is 78.4 Å². The van der Waals surface area contributed by atoms with Crippen LogP contribution in [0.1, 0.15) is 5.56 Å². The molecule has 0 spiro atoms. The van der Waals surface area contributed by atoms with Gasteiger partial charge in [-0.25, -0.2) is 4.98 Å².